The molecule has 112 valence electrons. The van der Waals surface area contributed by atoms with Crippen LogP contribution in [-0.2, 0) is 9.53 Å². The van der Waals surface area contributed by atoms with Gasteiger partial charge < -0.3 is 9.64 Å². The molecule has 0 N–H and O–H groups in total. The van der Waals surface area contributed by atoms with E-state index in [9.17, 15) is 4.79 Å². The molecule has 1 rings (SSSR count). The van der Waals surface area contributed by atoms with E-state index < -0.39 is 0 Å². The Morgan fingerprint density at radius 3 is 2.21 bits per heavy atom. The Kier molecular flexibility index (Phi) is 7.62. The van der Waals surface area contributed by atoms with E-state index in [0.29, 0.717) is 25.4 Å². The second-order valence-corrected chi connectivity index (χ2v) is 6.65. The maximum Gasteiger partial charge on any atom is 0.141 e. The van der Waals surface area contributed by atoms with Crippen molar-refractivity contribution in [3.63, 3.8) is 0 Å². The highest BCUT2D eigenvalue weighted by Crippen LogP contribution is 2.14. The lowest BCUT2D eigenvalue weighted by Crippen LogP contribution is -2.40. The van der Waals surface area contributed by atoms with E-state index in [0.717, 1.165) is 31.5 Å². The maximum atomic E-state index is 11.9. The molecule has 1 atom stereocenters. The minimum absolute atomic E-state index is 0.105. The van der Waals surface area contributed by atoms with E-state index in [4.69, 9.17) is 4.74 Å². The van der Waals surface area contributed by atoms with Crippen LogP contribution in [0.5, 0.6) is 0 Å². The van der Waals surface area contributed by atoms with Crippen molar-refractivity contribution in [3.05, 3.63) is 0 Å². The smallest absolute Gasteiger partial charge is 0.141 e. The van der Waals surface area contributed by atoms with E-state index >= 15 is 0 Å². The van der Waals surface area contributed by atoms with Gasteiger partial charge >= 0.3 is 0 Å². The van der Waals surface area contributed by atoms with E-state index in [1.807, 2.05) is 0 Å². The third kappa shape index (κ3) is 7.07. The Morgan fingerprint density at radius 1 is 1.16 bits per heavy atom. The summed E-state index contributed by atoms with van der Waals surface area (Å²) in [5.74, 6) is 1.94. The first-order valence-corrected chi connectivity index (χ1v) is 7.81. The normalized spacial score (nSPS) is 20.8. The highest BCUT2D eigenvalue weighted by Gasteiger charge is 2.25. The van der Waals surface area contributed by atoms with Crippen LogP contribution < -0.4 is 0 Å². The average molecular weight is 269 g/mol. The summed E-state index contributed by atoms with van der Waals surface area (Å²) >= 11 is 0. The molecule has 1 unspecified atom stereocenters. The van der Waals surface area contributed by atoms with Gasteiger partial charge in [-0.15, -0.1) is 0 Å². The van der Waals surface area contributed by atoms with Gasteiger partial charge in [-0.1, -0.05) is 27.7 Å². The van der Waals surface area contributed by atoms with Gasteiger partial charge in [-0.05, 0) is 37.8 Å². The van der Waals surface area contributed by atoms with Crippen LogP contribution in [0.2, 0.25) is 0 Å². The molecule has 0 amide bonds. The molecule has 0 aromatic carbocycles. The summed E-state index contributed by atoms with van der Waals surface area (Å²) in [6.45, 7) is 13.4. The lowest BCUT2D eigenvalue weighted by Gasteiger charge is -2.29. The fourth-order valence-corrected chi connectivity index (χ4v) is 2.34. The fourth-order valence-electron chi connectivity index (χ4n) is 2.34. The molecule has 1 aliphatic rings. The van der Waals surface area contributed by atoms with Crippen molar-refractivity contribution in [3.8, 4) is 0 Å². The molecule has 0 spiro atoms. The van der Waals surface area contributed by atoms with Crippen molar-refractivity contribution >= 4 is 5.78 Å². The van der Waals surface area contributed by atoms with Gasteiger partial charge in [0.1, 0.15) is 5.78 Å². The number of carbonyl (C=O) groups excluding carboxylic acids is 1. The number of hydrogen-bond donors (Lipinski definition) is 0. The van der Waals surface area contributed by atoms with Gasteiger partial charge in [-0.2, -0.15) is 0 Å². The highest BCUT2D eigenvalue weighted by molar-refractivity contribution is 5.82. The molecule has 3 heteroatoms. The second kappa shape index (κ2) is 8.70. The number of hydrogen-bond acceptors (Lipinski definition) is 3. The second-order valence-electron chi connectivity index (χ2n) is 6.65. The van der Waals surface area contributed by atoms with Crippen LogP contribution in [0, 0.1) is 17.8 Å². The van der Waals surface area contributed by atoms with Gasteiger partial charge in [0.15, 0.2) is 0 Å². The predicted molar refractivity (Wildman–Crippen MR) is 79.3 cm³/mol. The number of nitrogens with zero attached hydrogens (tertiary/aromatic N) is 1. The summed E-state index contributed by atoms with van der Waals surface area (Å²) in [6, 6.07) is 0. The topological polar surface area (TPSA) is 29.5 Å². The predicted octanol–water partition coefficient (Wildman–Crippen LogP) is 2.99. The van der Waals surface area contributed by atoms with Crippen molar-refractivity contribution in [1.29, 1.82) is 0 Å². The first-order chi connectivity index (χ1) is 8.99. The van der Waals surface area contributed by atoms with Crippen LogP contribution in [0.15, 0.2) is 0 Å². The molecule has 3 nitrogen and oxygen atoms in total. The zero-order chi connectivity index (χ0) is 14.3. The van der Waals surface area contributed by atoms with E-state index in [-0.39, 0.29) is 5.92 Å². The van der Waals surface area contributed by atoms with Crippen LogP contribution >= 0.6 is 0 Å². The molecular formula is C16H31NO2. The van der Waals surface area contributed by atoms with Gasteiger partial charge in [-0.25, -0.2) is 0 Å². The zero-order valence-corrected chi connectivity index (χ0v) is 13.2. The molecule has 1 saturated heterocycles. The third-order valence-electron chi connectivity index (χ3n) is 3.79. The first-order valence-electron chi connectivity index (χ1n) is 7.81. The molecule has 0 aliphatic carbocycles. The van der Waals surface area contributed by atoms with Crippen molar-refractivity contribution in [2.24, 2.45) is 17.8 Å². The van der Waals surface area contributed by atoms with Crippen LogP contribution in [-0.4, -0.2) is 43.5 Å². The summed E-state index contributed by atoms with van der Waals surface area (Å²) in [6.07, 6.45) is 3.02. The molecule has 0 aromatic heterocycles. The largest absolute Gasteiger partial charge is 0.380 e. The van der Waals surface area contributed by atoms with Crippen LogP contribution in [0.25, 0.3) is 0 Å². The number of carbonyl (C=O) groups is 1. The maximum absolute atomic E-state index is 11.9. The lowest BCUT2D eigenvalue weighted by atomic mass is 9.99. The Labute approximate surface area is 118 Å². The van der Waals surface area contributed by atoms with Crippen LogP contribution in [0.1, 0.15) is 47.0 Å². The number of ether oxygens (including phenoxy) is 1. The monoisotopic (exact) mass is 269 g/mol. The van der Waals surface area contributed by atoms with Gasteiger partial charge in [0.2, 0.25) is 0 Å². The summed E-state index contributed by atoms with van der Waals surface area (Å²) in [7, 11) is 0. The molecule has 0 aromatic rings. The number of rotatable bonds is 8. The quantitative estimate of drug-likeness (QED) is 0.678. The standard InChI is InChI=1S/C16H31NO2/c1-13(2)5-8-17(9-6-14(3)4)11-15-12-19-10-7-16(15)18/h13-15H,5-12H2,1-4H3. The van der Waals surface area contributed by atoms with Crippen LogP contribution in [0.3, 0.4) is 0 Å². The number of ketones is 1. The molecule has 0 radical (unpaired) electrons. The third-order valence-corrected chi connectivity index (χ3v) is 3.79. The summed E-state index contributed by atoms with van der Waals surface area (Å²) in [5, 5.41) is 0. The Bertz CT molecular complexity index is 251. The van der Waals surface area contributed by atoms with Crippen molar-refractivity contribution < 1.29 is 9.53 Å². The highest BCUT2D eigenvalue weighted by atomic mass is 16.5. The SMILES string of the molecule is CC(C)CCN(CCC(C)C)CC1COCCC1=O. The van der Waals surface area contributed by atoms with E-state index in [1.54, 1.807) is 0 Å². The lowest BCUT2D eigenvalue weighted by molar-refractivity contribution is -0.131. The molecular weight excluding hydrogens is 238 g/mol. The molecule has 0 bridgehead atoms. The molecule has 1 fully saturated rings. The Morgan fingerprint density at radius 2 is 1.74 bits per heavy atom. The van der Waals surface area contributed by atoms with Crippen molar-refractivity contribution in [2.75, 3.05) is 32.8 Å². The first kappa shape index (κ1) is 16.6. The van der Waals surface area contributed by atoms with Gasteiger partial charge in [0, 0.05) is 13.0 Å². The number of Topliss-reactive ketones (excluding diaryl/α,β-unsaturated/α-hetero) is 1. The summed E-state index contributed by atoms with van der Waals surface area (Å²) < 4.78 is 5.46. The van der Waals surface area contributed by atoms with Gasteiger partial charge in [0.25, 0.3) is 0 Å². The summed E-state index contributed by atoms with van der Waals surface area (Å²) in [4.78, 5) is 14.4. The Balaban J connectivity index is 2.43. The minimum atomic E-state index is 0.105. The molecule has 1 aliphatic heterocycles. The molecule has 1 heterocycles. The van der Waals surface area contributed by atoms with Crippen LogP contribution in [0.4, 0.5) is 0 Å². The average Bonchev–Trinajstić information content (AvgIpc) is 2.34. The van der Waals surface area contributed by atoms with Crippen molar-refractivity contribution in [1.82, 2.24) is 4.90 Å². The van der Waals surface area contributed by atoms with E-state index in [1.165, 1.54) is 12.8 Å². The minimum Gasteiger partial charge on any atom is -0.380 e. The van der Waals surface area contributed by atoms with Crippen molar-refractivity contribution in [2.45, 2.75) is 47.0 Å². The van der Waals surface area contributed by atoms with E-state index in [2.05, 4.69) is 32.6 Å². The van der Waals surface area contributed by atoms with Gasteiger partial charge in [0.05, 0.1) is 19.1 Å². The molecule has 0 saturated carbocycles. The zero-order valence-electron chi connectivity index (χ0n) is 13.2. The van der Waals surface area contributed by atoms with Gasteiger partial charge in [-0.3, -0.25) is 4.79 Å². The Hall–Kier alpha value is -0.410. The molecule has 19 heavy (non-hydrogen) atoms. The summed E-state index contributed by atoms with van der Waals surface area (Å²) in [5.41, 5.74) is 0. The fraction of sp³-hybridized carbons (Fsp3) is 0.938.